The third-order valence-electron chi connectivity index (χ3n) is 2.88. The monoisotopic (exact) mass is 332 g/mol. The van der Waals surface area contributed by atoms with Gasteiger partial charge in [-0.05, 0) is 29.5 Å². The van der Waals surface area contributed by atoms with Gasteiger partial charge in [-0.3, -0.25) is 19.3 Å². The number of amides is 2. The SMILES string of the molecule is CCSC1=NC(=O)/C(=C/c2ccc(OC(C)=O)cc2)N1C(C)=O. The Labute approximate surface area is 138 Å². The third kappa shape index (κ3) is 4.07. The van der Waals surface area contributed by atoms with Crippen LogP contribution in [0.3, 0.4) is 0 Å². The zero-order valence-corrected chi connectivity index (χ0v) is 13.8. The number of hydrogen-bond acceptors (Lipinski definition) is 5. The van der Waals surface area contributed by atoms with E-state index >= 15 is 0 Å². The molecule has 7 heteroatoms. The highest BCUT2D eigenvalue weighted by atomic mass is 32.2. The number of hydrogen-bond donors (Lipinski definition) is 0. The number of amidine groups is 1. The first kappa shape index (κ1) is 17.0. The summed E-state index contributed by atoms with van der Waals surface area (Å²) in [5, 5.41) is 0.396. The number of thioether (sulfide) groups is 1. The van der Waals surface area contributed by atoms with Crippen molar-refractivity contribution < 1.29 is 19.1 Å². The highest BCUT2D eigenvalue weighted by Gasteiger charge is 2.32. The zero-order chi connectivity index (χ0) is 17.0. The molecule has 0 unspecified atom stereocenters. The lowest BCUT2D eigenvalue weighted by molar-refractivity contribution is -0.132. The second kappa shape index (κ2) is 7.23. The van der Waals surface area contributed by atoms with E-state index in [9.17, 15) is 14.4 Å². The van der Waals surface area contributed by atoms with Crippen molar-refractivity contribution in [1.82, 2.24) is 4.90 Å². The molecule has 0 aliphatic carbocycles. The molecule has 0 radical (unpaired) electrons. The number of esters is 1. The fourth-order valence-electron chi connectivity index (χ4n) is 2.01. The van der Waals surface area contributed by atoms with E-state index in [0.717, 1.165) is 0 Å². The third-order valence-corrected chi connectivity index (χ3v) is 3.70. The predicted molar refractivity (Wildman–Crippen MR) is 88.8 cm³/mol. The van der Waals surface area contributed by atoms with Gasteiger partial charge in [-0.15, -0.1) is 0 Å². The maximum absolute atomic E-state index is 12.1. The number of benzene rings is 1. The summed E-state index contributed by atoms with van der Waals surface area (Å²) in [7, 11) is 0. The molecular weight excluding hydrogens is 316 g/mol. The number of ether oxygens (including phenoxy) is 1. The number of aliphatic imine (C=N–C) groups is 1. The van der Waals surface area contributed by atoms with E-state index in [0.29, 0.717) is 22.2 Å². The van der Waals surface area contributed by atoms with Crippen molar-refractivity contribution in [3.05, 3.63) is 35.5 Å². The van der Waals surface area contributed by atoms with Crippen LogP contribution in [-0.2, 0) is 14.4 Å². The molecule has 2 amide bonds. The van der Waals surface area contributed by atoms with Gasteiger partial charge in [0.15, 0.2) is 5.17 Å². The Morgan fingerprint density at radius 3 is 2.43 bits per heavy atom. The van der Waals surface area contributed by atoms with E-state index in [4.69, 9.17) is 4.74 Å². The average molecular weight is 332 g/mol. The van der Waals surface area contributed by atoms with Crippen LogP contribution in [0.15, 0.2) is 35.0 Å². The van der Waals surface area contributed by atoms with E-state index < -0.39 is 11.9 Å². The molecule has 0 aromatic heterocycles. The molecule has 120 valence electrons. The summed E-state index contributed by atoms with van der Waals surface area (Å²) in [4.78, 5) is 40.0. The molecule has 0 N–H and O–H groups in total. The summed E-state index contributed by atoms with van der Waals surface area (Å²) in [6.07, 6.45) is 1.59. The van der Waals surface area contributed by atoms with Crippen LogP contribution in [0.5, 0.6) is 5.75 Å². The van der Waals surface area contributed by atoms with E-state index in [2.05, 4.69) is 4.99 Å². The largest absolute Gasteiger partial charge is 0.427 e. The Hall–Kier alpha value is -2.41. The van der Waals surface area contributed by atoms with Crippen LogP contribution in [0.1, 0.15) is 26.3 Å². The van der Waals surface area contributed by atoms with Crippen molar-refractivity contribution in [1.29, 1.82) is 0 Å². The van der Waals surface area contributed by atoms with Crippen LogP contribution in [0.2, 0.25) is 0 Å². The molecule has 0 saturated carbocycles. The topological polar surface area (TPSA) is 76.0 Å². The Balaban J connectivity index is 2.28. The zero-order valence-electron chi connectivity index (χ0n) is 13.0. The molecule has 0 bridgehead atoms. The summed E-state index contributed by atoms with van der Waals surface area (Å²) in [5.41, 5.74) is 0.919. The van der Waals surface area contributed by atoms with E-state index in [1.54, 1.807) is 30.3 Å². The molecule has 1 aliphatic heterocycles. The highest BCUT2D eigenvalue weighted by Crippen LogP contribution is 2.25. The van der Waals surface area contributed by atoms with E-state index in [-0.39, 0.29) is 11.6 Å². The maximum Gasteiger partial charge on any atom is 0.308 e. The van der Waals surface area contributed by atoms with Crippen molar-refractivity contribution in [2.45, 2.75) is 20.8 Å². The summed E-state index contributed by atoms with van der Waals surface area (Å²) in [6, 6.07) is 6.63. The first-order chi connectivity index (χ1) is 10.9. The second-order valence-electron chi connectivity index (χ2n) is 4.68. The minimum absolute atomic E-state index is 0.216. The van der Waals surface area contributed by atoms with Crippen molar-refractivity contribution in [3.8, 4) is 5.75 Å². The Morgan fingerprint density at radius 2 is 1.91 bits per heavy atom. The lowest BCUT2D eigenvalue weighted by Gasteiger charge is -2.16. The van der Waals surface area contributed by atoms with Crippen molar-refractivity contribution >= 4 is 40.8 Å². The molecule has 1 heterocycles. The van der Waals surface area contributed by atoms with Crippen LogP contribution in [-0.4, -0.2) is 33.6 Å². The maximum atomic E-state index is 12.1. The van der Waals surface area contributed by atoms with Crippen LogP contribution < -0.4 is 4.74 Å². The van der Waals surface area contributed by atoms with E-state index in [1.165, 1.54) is 30.5 Å². The normalized spacial score (nSPS) is 15.8. The standard InChI is InChI=1S/C16H16N2O4S/c1-4-23-16-17-15(21)14(18(16)10(2)19)9-12-5-7-13(8-6-12)22-11(3)20/h5-9H,4H2,1-3H3/b14-9-. The molecule has 2 rings (SSSR count). The molecule has 0 saturated heterocycles. The highest BCUT2D eigenvalue weighted by molar-refractivity contribution is 8.13. The minimum atomic E-state index is -0.444. The van der Waals surface area contributed by atoms with Crippen molar-refractivity contribution in [2.24, 2.45) is 4.99 Å². The summed E-state index contributed by atoms with van der Waals surface area (Å²) >= 11 is 1.34. The number of nitrogens with zero attached hydrogens (tertiary/aromatic N) is 2. The van der Waals surface area contributed by atoms with Gasteiger partial charge in [0.2, 0.25) is 5.91 Å². The quantitative estimate of drug-likeness (QED) is 0.483. The molecule has 1 aromatic rings. The molecule has 1 aliphatic rings. The Kier molecular flexibility index (Phi) is 5.33. The summed E-state index contributed by atoms with van der Waals surface area (Å²) in [5.74, 6) is 0.0116. The van der Waals surface area contributed by atoms with Gasteiger partial charge in [0.1, 0.15) is 11.4 Å². The average Bonchev–Trinajstić information content (AvgIpc) is 2.77. The van der Waals surface area contributed by atoms with Crippen LogP contribution in [0.25, 0.3) is 6.08 Å². The summed E-state index contributed by atoms with van der Waals surface area (Å²) in [6.45, 7) is 4.63. The number of carbonyl (C=O) groups excluding carboxylic acids is 3. The fourth-order valence-corrected chi connectivity index (χ4v) is 2.77. The molecule has 23 heavy (non-hydrogen) atoms. The van der Waals surface area contributed by atoms with Gasteiger partial charge in [-0.25, -0.2) is 0 Å². The van der Waals surface area contributed by atoms with Gasteiger partial charge in [0.25, 0.3) is 5.91 Å². The van der Waals surface area contributed by atoms with Crippen LogP contribution in [0.4, 0.5) is 0 Å². The number of rotatable bonds is 3. The smallest absolute Gasteiger partial charge is 0.308 e. The summed E-state index contributed by atoms with van der Waals surface area (Å²) < 4.78 is 4.95. The van der Waals surface area contributed by atoms with Gasteiger partial charge in [0, 0.05) is 13.8 Å². The van der Waals surface area contributed by atoms with Gasteiger partial charge in [-0.2, -0.15) is 4.99 Å². The van der Waals surface area contributed by atoms with E-state index in [1.807, 2.05) is 6.92 Å². The minimum Gasteiger partial charge on any atom is -0.427 e. The fraction of sp³-hybridized carbons (Fsp3) is 0.250. The Morgan fingerprint density at radius 1 is 1.26 bits per heavy atom. The second-order valence-corrected chi connectivity index (χ2v) is 5.91. The first-order valence-electron chi connectivity index (χ1n) is 6.99. The molecule has 0 spiro atoms. The lowest BCUT2D eigenvalue weighted by atomic mass is 10.1. The Bertz CT molecular complexity index is 707. The van der Waals surface area contributed by atoms with Crippen LogP contribution in [0, 0.1) is 0 Å². The van der Waals surface area contributed by atoms with Gasteiger partial charge in [0.05, 0.1) is 0 Å². The van der Waals surface area contributed by atoms with Gasteiger partial charge < -0.3 is 4.74 Å². The van der Waals surface area contributed by atoms with Crippen LogP contribution >= 0.6 is 11.8 Å². The first-order valence-corrected chi connectivity index (χ1v) is 7.97. The molecule has 0 atom stereocenters. The predicted octanol–water partition coefficient (Wildman–Crippen LogP) is 2.45. The van der Waals surface area contributed by atoms with Crippen molar-refractivity contribution in [3.63, 3.8) is 0 Å². The molecular formula is C16H16N2O4S. The van der Waals surface area contributed by atoms with Gasteiger partial charge in [-0.1, -0.05) is 30.8 Å². The lowest BCUT2D eigenvalue weighted by Crippen LogP contribution is -2.29. The molecule has 6 nitrogen and oxygen atoms in total. The van der Waals surface area contributed by atoms with Gasteiger partial charge >= 0.3 is 5.97 Å². The molecule has 0 fully saturated rings. The number of carbonyl (C=O) groups is 3. The molecule has 1 aromatic carbocycles. The van der Waals surface area contributed by atoms with Crippen molar-refractivity contribution in [2.75, 3.05) is 5.75 Å².